The Labute approximate surface area is 85.7 Å². The van der Waals surface area contributed by atoms with Crippen LogP contribution < -0.4 is 0 Å². The lowest BCUT2D eigenvalue weighted by molar-refractivity contribution is 0.104. The van der Waals surface area contributed by atoms with E-state index in [1.165, 1.54) is 10.1 Å². The zero-order chi connectivity index (χ0) is 9.71. The molecule has 0 amide bonds. The van der Waals surface area contributed by atoms with Crippen molar-refractivity contribution >= 4 is 33.3 Å². The van der Waals surface area contributed by atoms with Crippen molar-refractivity contribution in [3.05, 3.63) is 40.3 Å². The van der Waals surface area contributed by atoms with Gasteiger partial charge in [0.15, 0.2) is 5.78 Å². The fourth-order valence-electron chi connectivity index (χ4n) is 1.84. The van der Waals surface area contributed by atoms with Gasteiger partial charge in [0.2, 0.25) is 0 Å². The minimum atomic E-state index is 0.196. The molecule has 2 aromatic rings. The van der Waals surface area contributed by atoms with Crippen LogP contribution in [0.25, 0.3) is 16.2 Å². The fraction of sp³-hybridized carbons (Fsp3) is 0.0833. The number of hydrogen-bond donors (Lipinski definition) is 0. The zero-order valence-electron chi connectivity index (χ0n) is 7.70. The molecule has 0 atom stereocenters. The van der Waals surface area contributed by atoms with Crippen LogP contribution in [0.15, 0.2) is 29.8 Å². The average molecular weight is 200 g/mol. The fourth-order valence-corrected chi connectivity index (χ4v) is 3.03. The van der Waals surface area contributed by atoms with Crippen LogP contribution in [0.2, 0.25) is 0 Å². The van der Waals surface area contributed by atoms with Gasteiger partial charge in [0.1, 0.15) is 0 Å². The topological polar surface area (TPSA) is 17.1 Å². The van der Waals surface area contributed by atoms with Gasteiger partial charge in [-0.3, -0.25) is 4.79 Å². The first-order chi connectivity index (χ1) is 6.77. The molecule has 0 fully saturated rings. The summed E-state index contributed by atoms with van der Waals surface area (Å²) in [6, 6.07) is 8.16. The van der Waals surface area contributed by atoms with Crippen LogP contribution in [0, 0.1) is 0 Å². The molecule has 1 aliphatic carbocycles. The van der Waals surface area contributed by atoms with Crippen molar-refractivity contribution < 1.29 is 4.79 Å². The van der Waals surface area contributed by atoms with Crippen LogP contribution in [0.3, 0.4) is 0 Å². The second-order valence-corrected chi connectivity index (χ2v) is 4.55. The Hall–Kier alpha value is -1.41. The van der Waals surface area contributed by atoms with E-state index in [0.717, 1.165) is 16.0 Å². The lowest BCUT2D eigenvalue weighted by Gasteiger charge is -1.88. The molecule has 3 rings (SSSR count). The lowest BCUT2D eigenvalue weighted by Crippen LogP contribution is -1.90. The summed E-state index contributed by atoms with van der Waals surface area (Å²) in [5.74, 6) is 0.196. The Morgan fingerprint density at radius 3 is 2.86 bits per heavy atom. The smallest absolute Gasteiger partial charge is 0.199 e. The second-order valence-electron chi connectivity index (χ2n) is 3.50. The average Bonchev–Trinajstić information content (AvgIpc) is 2.67. The summed E-state index contributed by atoms with van der Waals surface area (Å²) in [6.45, 7) is 1.88. The standard InChI is InChI=1S/C12H8OS/c1-7-6-9-8-4-2-3-5-10(8)14-12(9)11(7)13/h2-6H,1H3. The van der Waals surface area contributed by atoms with Crippen LogP contribution in [0.4, 0.5) is 0 Å². The van der Waals surface area contributed by atoms with Gasteiger partial charge in [-0.25, -0.2) is 0 Å². The summed E-state index contributed by atoms with van der Waals surface area (Å²) in [6.07, 6.45) is 2.00. The molecular formula is C12H8OS. The number of Topliss-reactive ketones (excluding diaryl/α,β-unsaturated/α-hetero) is 1. The zero-order valence-corrected chi connectivity index (χ0v) is 8.52. The van der Waals surface area contributed by atoms with Gasteiger partial charge in [-0.15, -0.1) is 11.3 Å². The molecule has 68 valence electrons. The third-order valence-corrected chi connectivity index (χ3v) is 3.74. The number of carbonyl (C=O) groups excluding carboxylic acids is 1. The van der Waals surface area contributed by atoms with Gasteiger partial charge >= 0.3 is 0 Å². The molecule has 0 N–H and O–H groups in total. The van der Waals surface area contributed by atoms with Gasteiger partial charge in [0.25, 0.3) is 0 Å². The van der Waals surface area contributed by atoms with Crippen molar-refractivity contribution in [2.45, 2.75) is 6.92 Å². The second kappa shape index (κ2) is 2.55. The number of rotatable bonds is 0. The van der Waals surface area contributed by atoms with Crippen LogP contribution in [-0.2, 0) is 0 Å². The highest BCUT2D eigenvalue weighted by atomic mass is 32.1. The molecule has 1 aliphatic rings. The summed E-state index contributed by atoms with van der Waals surface area (Å²) in [5.41, 5.74) is 1.98. The maximum atomic E-state index is 11.7. The molecule has 1 nitrogen and oxygen atoms in total. The Bertz CT molecular complexity index is 575. The van der Waals surface area contributed by atoms with E-state index < -0.39 is 0 Å². The molecule has 0 radical (unpaired) electrons. The highest BCUT2D eigenvalue weighted by Gasteiger charge is 2.23. The molecular weight excluding hydrogens is 192 g/mol. The Morgan fingerprint density at radius 1 is 1.21 bits per heavy atom. The van der Waals surface area contributed by atoms with Gasteiger partial charge in [0.05, 0.1) is 4.88 Å². The predicted octanol–water partition coefficient (Wildman–Crippen LogP) is 3.50. The number of fused-ring (bicyclic) bond motifs is 3. The Kier molecular flexibility index (Phi) is 1.45. The third kappa shape index (κ3) is 0.863. The van der Waals surface area contributed by atoms with Crippen molar-refractivity contribution in [2.24, 2.45) is 0 Å². The molecule has 2 heteroatoms. The molecule has 1 heterocycles. The van der Waals surface area contributed by atoms with Crippen molar-refractivity contribution in [1.29, 1.82) is 0 Å². The Morgan fingerprint density at radius 2 is 2.00 bits per heavy atom. The number of hydrogen-bond acceptors (Lipinski definition) is 2. The first-order valence-electron chi connectivity index (χ1n) is 4.52. The number of carbonyl (C=O) groups is 1. The molecule has 0 unspecified atom stereocenters. The van der Waals surface area contributed by atoms with Crippen molar-refractivity contribution in [3.63, 3.8) is 0 Å². The normalized spacial score (nSPS) is 14.6. The van der Waals surface area contributed by atoms with E-state index in [1.807, 2.05) is 25.1 Å². The highest BCUT2D eigenvalue weighted by molar-refractivity contribution is 7.21. The molecule has 1 aromatic carbocycles. The summed E-state index contributed by atoms with van der Waals surface area (Å²) in [4.78, 5) is 12.6. The third-order valence-electron chi connectivity index (χ3n) is 2.56. The number of allylic oxidation sites excluding steroid dienone is 1. The molecule has 0 aliphatic heterocycles. The highest BCUT2D eigenvalue weighted by Crippen LogP contribution is 2.38. The first kappa shape index (κ1) is 7.94. The number of benzene rings is 1. The van der Waals surface area contributed by atoms with E-state index in [9.17, 15) is 4.79 Å². The summed E-state index contributed by atoms with van der Waals surface area (Å²) < 4.78 is 1.20. The van der Waals surface area contributed by atoms with Crippen LogP contribution in [-0.4, -0.2) is 5.78 Å². The van der Waals surface area contributed by atoms with Gasteiger partial charge in [-0.1, -0.05) is 18.2 Å². The Balaban J connectivity index is 2.46. The SMILES string of the molecule is CC1=Cc2c(sc3ccccc23)C1=O. The molecule has 0 saturated carbocycles. The number of thiophene rings is 1. The van der Waals surface area contributed by atoms with Gasteiger partial charge in [-0.2, -0.15) is 0 Å². The van der Waals surface area contributed by atoms with Gasteiger partial charge in [-0.05, 0) is 24.6 Å². The van der Waals surface area contributed by atoms with Crippen LogP contribution >= 0.6 is 11.3 Å². The minimum Gasteiger partial charge on any atom is -0.288 e. The van der Waals surface area contributed by atoms with E-state index in [0.29, 0.717) is 0 Å². The quantitative estimate of drug-likeness (QED) is 0.636. The summed E-state index contributed by atoms with van der Waals surface area (Å²) >= 11 is 1.60. The largest absolute Gasteiger partial charge is 0.288 e. The molecule has 1 aromatic heterocycles. The van der Waals surface area contributed by atoms with Gasteiger partial charge in [0, 0.05) is 15.6 Å². The first-order valence-corrected chi connectivity index (χ1v) is 5.33. The number of ketones is 1. The van der Waals surface area contributed by atoms with E-state index in [2.05, 4.69) is 12.1 Å². The van der Waals surface area contributed by atoms with E-state index >= 15 is 0 Å². The molecule has 0 spiro atoms. The van der Waals surface area contributed by atoms with Gasteiger partial charge < -0.3 is 0 Å². The summed E-state index contributed by atoms with van der Waals surface area (Å²) in [7, 11) is 0. The predicted molar refractivity (Wildman–Crippen MR) is 59.8 cm³/mol. The lowest BCUT2D eigenvalue weighted by atomic mass is 10.1. The molecule has 14 heavy (non-hydrogen) atoms. The maximum Gasteiger partial charge on any atom is 0.199 e. The minimum absolute atomic E-state index is 0.196. The molecule has 0 bridgehead atoms. The van der Waals surface area contributed by atoms with Crippen LogP contribution in [0.5, 0.6) is 0 Å². The van der Waals surface area contributed by atoms with E-state index in [1.54, 1.807) is 11.3 Å². The van der Waals surface area contributed by atoms with Crippen LogP contribution in [0.1, 0.15) is 22.2 Å². The van der Waals surface area contributed by atoms with Crippen molar-refractivity contribution in [3.8, 4) is 0 Å². The van der Waals surface area contributed by atoms with E-state index in [4.69, 9.17) is 0 Å². The van der Waals surface area contributed by atoms with E-state index in [-0.39, 0.29) is 5.78 Å². The van der Waals surface area contributed by atoms with Crippen molar-refractivity contribution in [2.75, 3.05) is 0 Å². The van der Waals surface area contributed by atoms with Crippen molar-refractivity contribution in [1.82, 2.24) is 0 Å². The molecule has 0 saturated heterocycles. The maximum absolute atomic E-state index is 11.7. The summed E-state index contributed by atoms with van der Waals surface area (Å²) in [5, 5.41) is 1.21. The monoisotopic (exact) mass is 200 g/mol.